The number of carbonyl (C=O) groups excluding carboxylic acids is 1. The lowest BCUT2D eigenvalue weighted by atomic mass is 10.1. The highest BCUT2D eigenvalue weighted by Gasteiger charge is 2.17. The van der Waals surface area contributed by atoms with Crippen molar-refractivity contribution in [3.05, 3.63) is 54.4 Å². The highest BCUT2D eigenvalue weighted by molar-refractivity contribution is 5.76. The molecule has 0 fully saturated rings. The van der Waals surface area contributed by atoms with Crippen LogP contribution in [-0.4, -0.2) is 32.7 Å². The lowest BCUT2D eigenvalue weighted by Gasteiger charge is -2.15. The van der Waals surface area contributed by atoms with E-state index in [1.807, 2.05) is 6.07 Å². The van der Waals surface area contributed by atoms with Gasteiger partial charge in [-0.3, -0.25) is 9.78 Å². The fourth-order valence-corrected chi connectivity index (χ4v) is 2.35. The number of nitrogens with one attached hydrogen (secondary N) is 1. The zero-order chi connectivity index (χ0) is 17.5. The van der Waals surface area contributed by atoms with Gasteiger partial charge in [0.25, 0.3) is 0 Å². The van der Waals surface area contributed by atoms with Crippen molar-refractivity contribution in [3.63, 3.8) is 0 Å². The van der Waals surface area contributed by atoms with Gasteiger partial charge >= 0.3 is 0 Å². The highest BCUT2D eigenvalue weighted by Crippen LogP contribution is 2.17. The Kier molecular flexibility index (Phi) is 5.53. The van der Waals surface area contributed by atoms with Crippen molar-refractivity contribution < 1.29 is 18.8 Å². The number of aliphatic hydroxyl groups is 1. The number of aliphatic hydroxyl groups excluding tert-OH is 1. The Labute approximate surface area is 143 Å². The highest BCUT2D eigenvalue weighted by atomic mass is 16.5. The van der Waals surface area contributed by atoms with Gasteiger partial charge in [0, 0.05) is 25.6 Å². The van der Waals surface area contributed by atoms with Crippen LogP contribution in [0.15, 0.2) is 51.7 Å². The summed E-state index contributed by atoms with van der Waals surface area (Å²) in [7, 11) is 0. The number of rotatable bonds is 8. The van der Waals surface area contributed by atoms with E-state index in [2.05, 4.69) is 20.4 Å². The maximum Gasteiger partial charge on any atom is 0.227 e. The molecule has 3 heterocycles. The zero-order valence-corrected chi connectivity index (χ0v) is 13.5. The predicted octanol–water partition coefficient (Wildman–Crippen LogP) is 1.90. The molecule has 0 radical (unpaired) electrons. The Morgan fingerprint density at radius 2 is 2.20 bits per heavy atom. The fourth-order valence-electron chi connectivity index (χ4n) is 2.35. The molecule has 25 heavy (non-hydrogen) atoms. The number of hydrogen-bond acceptors (Lipinski definition) is 7. The van der Waals surface area contributed by atoms with Crippen LogP contribution in [0, 0.1) is 0 Å². The summed E-state index contributed by atoms with van der Waals surface area (Å²) in [6, 6.07) is 8.56. The molecule has 0 aliphatic rings. The van der Waals surface area contributed by atoms with Gasteiger partial charge in [-0.15, -0.1) is 0 Å². The van der Waals surface area contributed by atoms with E-state index >= 15 is 0 Å². The molecule has 1 atom stereocenters. The summed E-state index contributed by atoms with van der Waals surface area (Å²) in [4.78, 5) is 20.5. The van der Waals surface area contributed by atoms with Crippen molar-refractivity contribution >= 4 is 5.91 Å². The van der Waals surface area contributed by atoms with Gasteiger partial charge in [0.1, 0.15) is 11.5 Å². The summed E-state index contributed by atoms with van der Waals surface area (Å²) in [5.41, 5.74) is 0.614. The van der Waals surface area contributed by atoms with Gasteiger partial charge in [-0.1, -0.05) is 11.2 Å². The molecule has 0 aliphatic heterocycles. The lowest BCUT2D eigenvalue weighted by molar-refractivity contribution is -0.122. The summed E-state index contributed by atoms with van der Waals surface area (Å²) in [6.07, 6.45) is 4.06. The molecule has 3 aromatic heterocycles. The molecule has 3 rings (SSSR count). The van der Waals surface area contributed by atoms with Crippen LogP contribution >= 0.6 is 0 Å². The third kappa shape index (κ3) is 4.51. The first-order valence-electron chi connectivity index (χ1n) is 7.94. The number of aryl methyl sites for hydroxylation is 1. The summed E-state index contributed by atoms with van der Waals surface area (Å²) in [6.45, 7) is -0.0528. The minimum absolute atomic E-state index is 0.0528. The van der Waals surface area contributed by atoms with E-state index in [4.69, 9.17) is 14.0 Å². The SMILES string of the molecule is O=C(CCc1nc(-c2ccccn2)no1)NC(CCO)c1ccco1. The van der Waals surface area contributed by atoms with Crippen molar-refractivity contribution in [1.29, 1.82) is 0 Å². The molecule has 0 aromatic carbocycles. The van der Waals surface area contributed by atoms with Gasteiger partial charge in [-0.2, -0.15) is 4.98 Å². The molecule has 8 heteroatoms. The molecular weight excluding hydrogens is 324 g/mol. The van der Waals surface area contributed by atoms with Gasteiger partial charge in [0.2, 0.25) is 17.6 Å². The molecule has 8 nitrogen and oxygen atoms in total. The fraction of sp³-hybridized carbons (Fsp3) is 0.294. The molecule has 0 saturated carbocycles. The zero-order valence-electron chi connectivity index (χ0n) is 13.5. The molecule has 1 unspecified atom stereocenters. The Morgan fingerprint density at radius 1 is 1.28 bits per heavy atom. The van der Waals surface area contributed by atoms with Crippen molar-refractivity contribution in [2.75, 3.05) is 6.61 Å². The first-order valence-corrected chi connectivity index (χ1v) is 7.94. The van der Waals surface area contributed by atoms with Crippen LogP contribution < -0.4 is 5.32 Å². The molecule has 0 spiro atoms. The van der Waals surface area contributed by atoms with Gasteiger partial charge in [0.15, 0.2) is 0 Å². The third-order valence-electron chi connectivity index (χ3n) is 3.57. The lowest BCUT2D eigenvalue weighted by Crippen LogP contribution is -2.29. The smallest absolute Gasteiger partial charge is 0.227 e. The second-order valence-electron chi connectivity index (χ2n) is 5.37. The average molecular weight is 342 g/mol. The van der Waals surface area contributed by atoms with E-state index in [9.17, 15) is 4.79 Å². The van der Waals surface area contributed by atoms with Crippen LogP contribution in [0.25, 0.3) is 11.5 Å². The number of pyridine rings is 1. The largest absolute Gasteiger partial charge is 0.467 e. The van der Waals surface area contributed by atoms with E-state index in [0.29, 0.717) is 36.0 Å². The Hall–Kier alpha value is -3.00. The Bertz CT molecular complexity index is 786. The summed E-state index contributed by atoms with van der Waals surface area (Å²) >= 11 is 0. The summed E-state index contributed by atoms with van der Waals surface area (Å²) < 4.78 is 10.4. The van der Waals surface area contributed by atoms with Crippen molar-refractivity contribution in [3.8, 4) is 11.5 Å². The normalized spacial score (nSPS) is 12.0. The van der Waals surface area contributed by atoms with Crippen molar-refractivity contribution in [2.45, 2.75) is 25.3 Å². The molecule has 0 aliphatic carbocycles. The molecule has 0 saturated heterocycles. The second kappa shape index (κ2) is 8.20. The number of nitrogens with zero attached hydrogens (tertiary/aromatic N) is 3. The molecular formula is C17H18N4O4. The minimum atomic E-state index is -0.362. The average Bonchev–Trinajstić information content (AvgIpc) is 3.32. The van der Waals surface area contributed by atoms with Crippen LogP contribution in [0.1, 0.15) is 30.5 Å². The van der Waals surface area contributed by atoms with Crippen LogP contribution in [0.2, 0.25) is 0 Å². The van der Waals surface area contributed by atoms with E-state index in [1.54, 1.807) is 30.5 Å². The number of aromatic nitrogens is 3. The first-order chi connectivity index (χ1) is 12.3. The van der Waals surface area contributed by atoms with Gasteiger partial charge in [0.05, 0.1) is 12.3 Å². The Morgan fingerprint density at radius 3 is 2.92 bits per heavy atom. The maximum absolute atomic E-state index is 12.1. The molecule has 0 bridgehead atoms. The second-order valence-corrected chi connectivity index (χ2v) is 5.37. The van der Waals surface area contributed by atoms with Crippen LogP contribution in [0.4, 0.5) is 0 Å². The minimum Gasteiger partial charge on any atom is -0.467 e. The van der Waals surface area contributed by atoms with E-state index in [-0.39, 0.29) is 25.0 Å². The number of hydrogen-bond donors (Lipinski definition) is 2. The van der Waals surface area contributed by atoms with E-state index in [0.717, 1.165) is 0 Å². The van der Waals surface area contributed by atoms with Gasteiger partial charge < -0.3 is 19.4 Å². The van der Waals surface area contributed by atoms with Crippen LogP contribution in [-0.2, 0) is 11.2 Å². The monoisotopic (exact) mass is 342 g/mol. The Balaban J connectivity index is 1.54. The van der Waals surface area contributed by atoms with Crippen LogP contribution in [0.3, 0.4) is 0 Å². The molecule has 3 aromatic rings. The van der Waals surface area contributed by atoms with E-state index in [1.165, 1.54) is 6.26 Å². The predicted molar refractivity (Wildman–Crippen MR) is 87.1 cm³/mol. The third-order valence-corrected chi connectivity index (χ3v) is 3.57. The van der Waals surface area contributed by atoms with Crippen molar-refractivity contribution in [2.24, 2.45) is 0 Å². The number of amides is 1. The molecule has 2 N–H and O–H groups in total. The summed E-state index contributed by atoms with van der Waals surface area (Å²) in [5.74, 6) is 1.18. The van der Waals surface area contributed by atoms with Crippen LogP contribution in [0.5, 0.6) is 0 Å². The number of furan rings is 1. The molecule has 1 amide bonds. The van der Waals surface area contributed by atoms with E-state index < -0.39 is 0 Å². The number of carbonyl (C=O) groups is 1. The quantitative estimate of drug-likeness (QED) is 0.642. The van der Waals surface area contributed by atoms with Gasteiger partial charge in [-0.05, 0) is 30.7 Å². The topological polar surface area (TPSA) is 114 Å². The standard InChI is InChI=1S/C17H18N4O4/c22-10-8-12(14-5-3-11-24-14)19-15(23)6-7-16-20-17(21-25-16)13-4-1-2-9-18-13/h1-5,9,11-12,22H,6-8,10H2,(H,19,23). The summed E-state index contributed by atoms with van der Waals surface area (Å²) in [5, 5.41) is 15.8. The maximum atomic E-state index is 12.1. The first kappa shape index (κ1) is 16.8. The van der Waals surface area contributed by atoms with Gasteiger partial charge in [-0.25, -0.2) is 0 Å². The van der Waals surface area contributed by atoms with Crippen molar-refractivity contribution in [1.82, 2.24) is 20.4 Å². The molecule has 130 valence electrons.